The topological polar surface area (TPSA) is 106 Å². The highest BCUT2D eigenvalue weighted by Crippen LogP contribution is 2.25. The molecule has 1 aliphatic heterocycles. The molecule has 2 aromatic heterocycles. The highest BCUT2D eigenvalue weighted by Gasteiger charge is 2.32. The monoisotopic (exact) mass is 487 g/mol. The first-order valence-corrected chi connectivity index (χ1v) is 9.92. The fourth-order valence-corrected chi connectivity index (χ4v) is 3.75. The van der Waals surface area contributed by atoms with Gasteiger partial charge in [-0.2, -0.15) is 4.68 Å². The van der Waals surface area contributed by atoms with E-state index in [0.717, 1.165) is 5.56 Å². The van der Waals surface area contributed by atoms with E-state index in [1.54, 1.807) is 18.2 Å². The van der Waals surface area contributed by atoms with Crippen LogP contribution in [-0.2, 0) is 11.3 Å². The lowest BCUT2D eigenvalue weighted by atomic mass is 10.2. The predicted molar refractivity (Wildman–Crippen MR) is 117 cm³/mol. The highest BCUT2D eigenvalue weighted by molar-refractivity contribution is 9.10. The van der Waals surface area contributed by atoms with E-state index in [4.69, 9.17) is 16.6 Å². The van der Waals surface area contributed by atoms with Crippen LogP contribution < -0.4 is 10.2 Å². The van der Waals surface area contributed by atoms with Gasteiger partial charge in [-0.25, -0.2) is 0 Å². The van der Waals surface area contributed by atoms with Gasteiger partial charge in [-0.1, -0.05) is 12.1 Å². The summed E-state index contributed by atoms with van der Waals surface area (Å²) in [6.07, 6.45) is 3.06. The number of carbonyl (C=O) groups is 1. The summed E-state index contributed by atoms with van der Waals surface area (Å²) in [4.78, 5) is 24.6. The van der Waals surface area contributed by atoms with Crippen molar-refractivity contribution < 1.29 is 14.1 Å². The van der Waals surface area contributed by atoms with E-state index in [0.29, 0.717) is 22.9 Å². The molecule has 0 radical (unpaired) electrons. The van der Waals surface area contributed by atoms with E-state index >= 15 is 0 Å². The number of nitrogens with one attached hydrogen (secondary N) is 1. The van der Waals surface area contributed by atoms with E-state index in [-0.39, 0.29) is 27.9 Å². The van der Waals surface area contributed by atoms with Crippen LogP contribution >= 0.6 is 28.1 Å². The van der Waals surface area contributed by atoms with Gasteiger partial charge in [-0.05, 0) is 69.8 Å². The number of hydrogen-bond donors (Lipinski definition) is 1. The Kier molecular flexibility index (Phi) is 5.22. The number of aromatic nitrogens is 2. The molecule has 4 rings (SSSR count). The third-order valence-electron chi connectivity index (χ3n) is 4.30. The van der Waals surface area contributed by atoms with Gasteiger partial charge in [0.15, 0.2) is 5.11 Å². The van der Waals surface area contributed by atoms with E-state index in [2.05, 4.69) is 26.3 Å². The zero-order chi connectivity index (χ0) is 21.4. The Morgan fingerprint density at radius 3 is 2.87 bits per heavy atom. The molecule has 0 bridgehead atoms. The standard InChI is InChI=1S/C19H14BrN5O4S/c1-11-3-2-4-12(7-11)24-18(26)16(21-19(24)30)8-13-5-6-14(29-13)9-23-10-15(20)17(22-23)25(27)28/h2-8,10H,9H2,1H3,(H,21,30)/b16-8+. The second kappa shape index (κ2) is 7.84. The largest absolute Gasteiger partial charge is 0.460 e. The number of rotatable bonds is 5. The second-order valence-corrected chi connectivity index (χ2v) is 7.77. The lowest BCUT2D eigenvalue weighted by Gasteiger charge is -2.14. The normalized spacial score (nSPS) is 15.1. The van der Waals surface area contributed by atoms with E-state index in [1.807, 2.05) is 31.2 Å². The van der Waals surface area contributed by atoms with Crippen molar-refractivity contribution in [3.63, 3.8) is 0 Å². The molecule has 0 unspecified atom stereocenters. The maximum Gasteiger partial charge on any atom is 0.404 e. The van der Waals surface area contributed by atoms with Crippen molar-refractivity contribution in [2.45, 2.75) is 13.5 Å². The Bertz CT molecular complexity index is 1220. The molecule has 3 aromatic rings. The molecule has 9 nitrogen and oxygen atoms in total. The summed E-state index contributed by atoms with van der Waals surface area (Å²) < 4.78 is 7.40. The average molecular weight is 488 g/mol. The number of carbonyl (C=O) groups excluding carboxylic acids is 1. The molecule has 1 N–H and O–H groups in total. The van der Waals surface area contributed by atoms with Crippen LogP contribution in [0.2, 0.25) is 0 Å². The third-order valence-corrected chi connectivity index (χ3v) is 5.14. The summed E-state index contributed by atoms with van der Waals surface area (Å²) in [7, 11) is 0. The maximum atomic E-state index is 12.8. The number of aryl methyl sites for hydroxylation is 1. The van der Waals surface area contributed by atoms with Crippen molar-refractivity contribution >= 4 is 56.7 Å². The van der Waals surface area contributed by atoms with Gasteiger partial charge in [0.1, 0.15) is 28.2 Å². The SMILES string of the molecule is Cc1cccc(N2C(=O)/C(=C\c3ccc(Cn4cc(Br)c([N+](=O)[O-])n4)o3)NC2=S)c1. The molecular weight excluding hydrogens is 474 g/mol. The minimum atomic E-state index is -0.571. The summed E-state index contributed by atoms with van der Waals surface area (Å²) in [5, 5.41) is 18.0. The fourth-order valence-electron chi connectivity index (χ4n) is 2.99. The molecule has 1 fully saturated rings. The molecule has 11 heteroatoms. The van der Waals surface area contributed by atoms with Gasteiger partial charge in [-0.15, -0.1) is 0 Å². The second-order valence-electron chi connectivity index (χ2n) is 6.53. The van der Waals surface area contributed by atoms with Crippen molar-refractivity contribution in [2.24, 2.45) is 0 Å². The summed E-state index contributed by atoms with van der Waals surface area (Å²) in [6, 6.07) is 10.9. The molecule has 0 atom stereocenters. The fraction of sp³-hybridized carbons (Fsp3) is 0.105. The molecule has 1 aliphatic rings. The van der Waals surface area contributed by atoms with Gasteiger partial charge in [0.2, 0.25) is 0 Å². The first kappa shape index (κ1) is 20.0. The molecule has 1 amide bonds. The zero-order valence-corrected chi connectivity index (χ0v) is 17.9. The molecule has 0 spiro atoms. The van der Waals surface area contributed by atoms with Crippen LogP contribution in [0.4, 0.5) is 11.5 Å². The minimum Gasteiger partial charge on any atom is -0.460 e. The number of furan rings is 1. The van der Waals surface area contributed by atoms with Crippen LogP contribution in [0.1, 0.15) is 17.1 Å². The molecule has 0 saturated carbocycles. The van der Waals surface area contributed by atoms with Crippen LogP contribution in [0.15, 0.2) is 57.2 Å². The lowest BCUT2D eigenvalue weighted by molar-refractivity contribution is -0.390. The molecule has 3 heterocycles. The van der Waals surface area contributed by atoms with Crippen molar-refractivity contribution in [2.75, 3.05) is 4.90 Å². The quantitative estimate of drug-likeness (QED) is 0.252. The van der Waals surface area contributed by atoms with Crippen LogP contribution in [-0.4, -0.2) is 25.7 Å². The number of nitrogens with zero attached hydrogens (tertiary/aromatic N) is 4. The van der Waals surface area contributed by atoms with E-state index in [1.165, 1.54) is 15.8 Å². The van der Waals surface area contributed by atoms with Gasteiger partial charge < -0.3 is 19.8 Å². The average Bonchev–Trinajstić information content (AvgIpc) is 3.34. The number of benzene rings is 1. The zero-order valence-electron chi connectivity index (χ0n) is 15.5. The molecular formula is C19H14BrN5O4S. The molecule has 0 aliphatic carbocycles. The summed E-state index contributed by atoms with van der Waals surface area (Å²) in [6.45, 7) is 2.14. The van der Waals surface area contributed by atoms with Gasteiger partial charge in [0, 0.05) is 6.08 Å². The lowest BCUT2D eigenvalue weighted by Crippen LogP contribution is -2.30. The van der Waals surface area contributed by atoms with Gasteiger partial charge in [-0.3, -0.25) is 9.69 Å². The number of hydrogen-bond acceptors (Lipinski definition) is 6. The molecule has 152 valence electrons. The van der Waals surface area contributed by atoms with Gasteiger partial charge in [0.25, 0.3) is 5.91 Å². The molecule has 1 aromatic carbocycles. The van der Waals surface area contributed by atoms with Crippen molar-refractivity contribution in [3.05, 3.63) is 80.0 Å². The van der Waals surface area contributed by atoms with Crippen LogP contribution in [0.25, 0.3) is 6.08 Å². The van der Waals surface area contributed by atoms with Crippen LogP contribution in [0, 0.1) is 17.0 Å². The Labute approximate surface area is 184 Å². The van der Waals surface area contributed by atoms with Gasteiger partial charge in [0.05, 0.1) is 17.0 Å². The first-order chi connectivity index (χ1) is 14.3. The predicted octanol–water partition coefficient (Wildman–Crippen LogP) is 3.77. The Balaban J connectivity index is 1.53. The number of thiocarbonyl (C=S) groups is 1. The van der Waals surface area contributed by atoms with Crippen molar-refractivity contribution in [1.82, 2.24) is 15.1 Å². The Hall–Kier alpha value is -3.31. The van der Waals surface area contributed by atoms with Gasteiger partial charge >= 0.3 is 5.82 Å². The highest BCUT2D eigenvalue weighted by atomic mass is 79.9. The number of amides is 1. The first-order valence-electron chi connectivity index (χ1n) is 8.71. The Morgan fingerprint density at radius 1 is 1.37 bits per heavy atom. The maximum absolute atomic E-state index is 12.8. The van der Waals surface area contributed by atoms with E-state index in [9.17, 15) is 14.9 Å². The number of anilines is 1. The van der Waals surface area contributed by atoms with Crippen LogP contribution in [0.5, 0.6) is 0 Å². The Morgan fingerprint density at radius 2 is 2.17 bits per heavy atom. The number of halogens is 1. The van der Waals surface area contributed by atoms with Crippen LogP contribution in [0.3, 0.4) is 0 Å². The third kappa shape index (κ3) is 3.89. The minimum absolute atomic E-state index is 0.199. The summed E-state index contributed by atoms with van der Waals surface area (Å²) in [5.74, 6) is 0.412. The molecule has 30 heavy (non-hydrogen) atoms. The smallest absolute Gasteiger partial charge is 0.404 e. The molecule has 1 saturated heterocycles. The van der Waals surface area contributed by atoms with Crippen molar-refractivity contribution in [1.29, 1.82) is 0 Å². The van der Waals surface area contributed by atoms with Crippen molar-refractivity contribution in [3.8, 4) is 0 Å². The summed E-state index contributed by atoms with van der Waals surface area (Å²) in [5.41, 5.74) is 1.99. The van der Waals surface area contributed by atoms with E-state index < -0.39 is 4.92 Å². The summed E-state index contributed by atoms with van der Waals surface area (Å²) >= 11 is 8.42. The number of nitro groups is 1.